The van der Waals surface area contributed by atoms with E-state index in [-0.39, 0.29) is 0 Å². The van der Waals surface area contributed by atoms with Crippen LogP contribution in [0.1, 0.15) is 30.9 Å². The molecule has 2 aromatic carbocycles. The predicted octanol–water partition coefficient (Wildman–Crippen LogP) is 4.83. The Hall–Kier alpha value is -1.80. The van der Waals surface area contributed by atoms with Crippen LogP contribution in [-0.2, 0) is 17.8 Å². The van der Waals surface area contributed by atoms with Gasteiger partial charge in [-0.15, -0.1) is 0 Å². The van der Waals surface area contributed by atoms with E-state index in [0.29, 0.717) is 6.61 Å². The summed E-state index contributed by atoms with van der Waals surface area (Å²) < 4.78 is 11.5. The maximum atomic E-state index is 5.79. The Morgan fingerprint density at radius 3 is 2.45 bits per heavy atom. The van der Waals surface area contributed by atoms with Crippen LogP contribution >= 0.6 is 0 Å². The van der Waals surface area contributed by atoms with Crippen LogP contribution < -0.4 is 4.74 Å². The zero-order chi connectivity index (χ0) is 15.5. The molecule has 0 fully saturated rings. The second kappa shape index (κ2) is 10.0. The van der Waals surface area contributed by atoms with Gasteiger partial charge in [-0.1, -0.05) is 49.4 Å². The molecule has 0 spiro atoms. The Bertz CT molecular complexity index is 522. The standard InChI is InChI=1S/C20H25O2/c1-2-9-18-12-8-13-20(16-18)22-15-7-6-14-21-17-19-10-4-3-5-11-19/h2-5,8,10-13,16H,6-7,9,14-15,17H2,1H3. The third kappa shape index (κ3) is 6.31. The highest BCUT2D eigenvalue weighted by Gasteiger charge is 1.97. The van der Waals surface area contributed by atoms with Crippen molar-refractivity contribution >= 4 is 0 Å². The van der Waals surface area contributed by atoms with Gasteiger partial charge in [-0.25, -0.2) is 0 Å². The summed E-state index contributed by atoms with van der Waals surface area (Å²) in [6.07, 6.45) is 5.18. The summed E-state index contributed by atoms with van der Waals surface area (Å²) in [6, 6.07) is 18.6. The summed E-state index contributed by atoms with van der Waals surface area (Å²) in [4.78, 5) is 0. The normalized spacial score (nSPS) is 10.6. The minimum absolute atomic E-state index is 0.692. The Balaban J connectivity index is 1.55. The van der Waals surface area contributed by atoms with Gasteiger partial charge in [-0.05, 0) is 48.9 Å². The molecule has 0 atom stereocenters. The van der Waals surface area contributed by atoms with Crippen LogP contribution in [-0.4, -0.2) is 13.2 Å². The molecule has 0 aliphatic rings. The van der Waals surface area contributed by atoms with Crippen molar-refractivity contribution in [3.63, 3.8) is 0 Å². The van der Waals surface area contributed by atoms with Crippen LogP contribution in [0.4, 0.5) is 0 Å². The molecule has 2 nitrogen and oxygen atoms in total. The molecule has 117 valence electrons. The first-order valence-electron chi connectivity index (χ1n) is 7.99. The van der Waals surface area contributed by atoms with Crippen molar-refractivity contribution < 1.29 is 9.47 Å². The average Bonchev–Trinajstić information content (AvgIpc) is 2.56. The molecule has 0 amide bonds. The SMILES string of the molecule is C[CH]Cc1cccc(OCCCCOCc2ccccc2)c1. The molecule has 22 heavy (non-hydrogen) atoms. The predicted molar refractivity (Wildman–Crippen MR) is 90.9 cm³/mol. The van der Waals surface area contributed by atoms with E-state index in [1.807, 2.05) is 24.3 Å². The van der Waals surface area contributed by atoms with E-state index in [4.69, 9.17) is 9.47 Å². The van der Waals surface area contributed by atoms with Crippen molar-refractivity contribution in [3.05, 3.63) is 72.1 Å². The average molecular weight is 297 g/mol. The molecule has 1 radical (unpaired) electrons. The number of ether oxygens (including phenoxy) is 2. The van der Waals surface area contributed by atoms with E-state index in [2.05, 4.69) is 43.7 Å². The smallest absolute Gasteiger partial charge is 0.119 e. The Labute approximate surface area is 134 Å². The molecule has 0 aliphatic heterocycles. The fourth-order valence-electron chi connectivity index (χ4n) is 2.26. The van der Waals surface area contributed by atoms with Crippen molar-refractivity contribution in [2.24, 2.45) is 0 Å². The lowest BCUT2D eigenvalue weighted by Crippen LogP contribution is -2.01. The maximum absolute atomic E-state index is 5.79. The minimum atomic E-state index is 0.692. The van der Waals surface area contributed by atoms with Gasteiger partial charge in [0, 0.05) is 6.61 Å². The van der Waals surface area contributed by atoms with Crippen molar-refractivity contribution in [2.45, 2.75) is 32.8 Å². The summed E-state index contributed by atoms with van der Waals surface area (Å²) in [5, 5.41) is 0. The van der Waals surface area contributed by atoms with Crippen LogP contribution in [0.25, 0.3) is 0 Å². The molecule has 2 aromatic rings. The molecule has 0 saturated heterocycles. The van der Waals surface area contributed by atoms with Gasteiger partial charge in [0.25, 0.3) is 0 Å². The Morgan fingerprint density at radius 2 is 1.64 bits per heavy atom. The lowest BCUT2D eigenvalue weighted by Gasteiger charge is -2.08. The van der Waals surface area contributed by atoms with E-state index in [1.165, 1.54) is 11.1 Å². The maximum Gasteiger partial charge on any atom is 0.119 e. The summed E-state index contributed by atoms with van der Waals surface area (Å²) >= 11 is 0. The van der Waals surface area contributed by atoms with Gasteiger partial charge in [0.2, 0.25) is 0 Å². The topological polar surface area (TPSA) is 18.5 Å². The number of hydrogen-bond acceptors (Lipinski definition) is 2. The first-order valence-corrected chi connectivity index (χ1v) is 7.99. The second-order valence-corrected chi connectivity index (χ2v) is 5.35. The van der Waals surface area contributed by atoms with E-state index >= 15 is 0 Å². The van der Waals surface area contributed by atoms with E-state index in [9.17, 15) is 0 Å². The molecule has 2 heteroatoms. The van der Waals surface area contributed by atoms with Crippen molar-refractivity contribution in [2.75, 3.05) is 13.2 Å². The fraction of sp³-hybridized carbons (Fsp3) is 0.350. The first-order chi connectivity index (χ1) is 10.9. The summed E-state index contributed by atoms with van der Waals surface area (Å²) in [5.41, 5.74) is 2.52. The van der Waals surface area contributed by atoms with Gasteiger partial charge in [-0.2, -0.15) is 0 Å². The highest BCUT2D eigenvalue weighted by atomic mass is 16.5. The Kier molecular flexibility index (Phi) is 7.54. The van der Waals surface area contributed by atoms with Crippen molar-refractivity contribution in [3.8, 4) is 5.75 Å². The third-order valence-corrected chi connectivity index (χ3v) is 3.40. The fourth-order valence-corrected chi connectivity index (χ4v) is 2.26. The molecule has 0 N–H and O–H groups in total. The Morgan fingerprint density at radius 1 is 0.864 bits per heavy atom. The molecular weight excluding hydrogens is 272 g/mol. The van der Waals surface area contributed by atoms with Gasteiger partial charge < -0.3 is 9.47 Å². The molecule has 0 unspecified atom stereocenters. The highest BCUT2D eigenvalue weighted by Crippen LogP contribution is 2.14. The molecule has 0 aromatic heterocycles. The number of unbranched alkanes of at least 4 members (excludes halogenated alkanes) is 1. The van der Waals surface area contributed by atoms with Crippen LogP contribution in [0, 0.1) is 6.42 Å². The third-order valence-electron chi connectivity index (χ3n) is 3.40. The number of rotatable bonds is 10. The summed E-state index contributed by atoms with van der Waals surface area (Å²) in [7, 11) is 0. The van der Waals surface area contributed by atoms with Gasteiger partial charge >= 0.3 is 0 Å². The monoisotopic (exact) mass is 297 g/mol. The van der Waals surface area contributed by atoms with Gasteiger partial charge in [0.1, 0.15) is 5.75 Å². The zero-order valence-electron chi connectivity index (χ0n) is 13.3. The molecule has 0 aliphatic carbocycles. The molecule has 2 rings (SSSR count). The highest BCUT2D eigenvalue weighted by molar-refractivity contribution is 5.29. The molecular formula is C20H25O2. The van der Waals surface area contributed by atoms with E-state index in [1.54, 1.807) is 0 Å². The lowest BCUT2D eigenvalue weighted by molar-refractivity contribution is 0.113. The van der Waals surface area contributed by atoms with Crippen LogP contribution in [0.3, 0.4) is 0 Å². The van der Waals surface area contributed by atoms with Gasteiger partial charge in [0.15, 0.2) is 0 Å². The van der Waals surface area contributed by atoms with E-state index in [0.717, 1.165) is 38.2 Å². The van der Waals surface area contributed by atoms with Crippen LogP contribution in [0.2, 0.25) is 0 Å². The number of benzene rings is 2. The molecule has 0 heterocycles. The molecule has 0 bridgehead atoms. The molecule has 0 saturated carbocycles. The largest absolute Gasteiger partial charge is 0.494 e. The summed E-state index contributed by atoms with van der Waals surface area (Å²) in [6.45, 7) is 4.29. The summed E-state index contributed by atoms with van der Waals surface area (Å²) in [5.74, 6) is 0.963. The number of hydrogen-bond donors (Lipinski definition) is 0. The zero-order valence-corrected chi connectivity index (χ0v) is 13.3. The quantitative estimate of drug-likeness (QED) is 0.585. The van der Waals surface area contributed by atoms with Gasteiger partial charge in [-0.3, -0.25) is 0 Å². The lowest BCUT2D eigenvalue weighted by atomic mass is 10.1. The van der Waals surface area contributed by atoms with Crippen molar-refractivity contribution in [1.29, 1.82) is 0 Å². The van der Waals surface area contributed by atoms with Gasteiger partial charge in [0.05, 0.1) is 13.2 Å². The van der Waals surface area contributed by atoms with Crippen LogP contribution in [0.15, 0.2) is 54.6 Å². The minimum Gasteiger partial charge on any atom is -0.494 e. The first kappa shape index (κ1) is 16.6. The van der Waals surface area contributed by atoms with E-state index < -0.39 is 0 Å². The van der Waals surface area contributed by atoms with Crippen molar-refractivity contribution in [1.82, 2.24) is 0 Å². The van der Waals surface area contributed by atoms with Crippen LogP contribution in [0.5, 0.6) is 5.75 Å². The second-order valence-electron chi connectivity index (χ2n) is 5.35.